The van der Waals surface area contributed by atoms with Gasteiger partial charge in [-0.1, -0.05) is 30.3 Å². The highest BCUT2D eigenvalue weighted by Gasteiger charge is 2.36. The van der Waals surface area contributed by atoms with E-state index >= 15 is 0 Å². The number of carbonyl (C=O) groups is 4. The third-order valence-electron chi connectivity index (χ3n) is 3.58. The summed E-state index contributed by atoms with van der Waals surface area (Å²) in [5, 5.41) is 11.0. The third-order valence-corrected chi connectivity index (χ3v) is 3.58. The maximum Gasteiger partial charge on any atom is 0.335 e. The summed E-state index contributed by atoms with van der Waals surface area (Å²) in [6.07, 6.45) is 1.31. The van der Waals surface area contributed by atoms with E-state index in [0.29, 0.717) is 11.3 Å². The molecule has 124 valence electrons. The van der Waals surface area contributed by atoms with Crippen molar-refractivity contribution < 1.29 is 24.3 Å². The van der Waals surface area contributed by atoms with Gasteiger partial charge in [0.05, 0.1) is 11.3 Å². The molecule has 0 saturated carbocycles. The molecule has 25 heavy (non-hydrogen) atoms. The normalized spacial score (nSPS) is 16.1. The number of anilines is 1. The summed E-state index contributed by atoms with van der Waals surface area (Å²) in [7, 11) is 0. The van der Waals surface area contributed by atoms with Crippen LogP contribution in [-0.4, -0.2) is 28.9 Å². The first-order chi connectivity index (χ1) is 12.0. The average molecular weight is 336 g/mol. The van der Waals surface area contributed by atoms with Crippen molar-refractivity contribution in [3.63, 3.8) is 0 Å². The first-order valence-corrected chi connectivity index (χ1v) is 7.27. The number of nitrogens with zero attached hydrogens (tertiary/aromatic N) is 1. The Bertz CT molecular complexity index is 901. The fourth-order valence-electron chi connectivity index (χ4n) is 2.36. The molecule has 7 nitrogen and oxygen atoms in total. The zero-order valence-corrected chi connectivity index (χ0v) is 12.8. The lowest BCUT2D eigenvalue weighted by Crippen LogP contribution is -2.54. The minimum absolute atomic E-state index is 0.0858. The molecule has 4 amide bonds. The predicted octanol–water partition coefficient (Wildman–Crippen LogP) is 2.05. The number of carboxylic acids is 1. The highest BCUT2D eigenvalue weighted by Crippen LogP contribution is 2.21. The molecule has 1 aliphatic heterocycles. The number of barbiturate groups is 1. The third kappa shape index (κ3) is 3.16. The van der Waals surface area contributed by atoms with Crippen LogP contribution >= 0.6 is 0 Å². The van der Waals surface area contributed by atoms with E-state index in [1.165, 1.54) is 30.3 Å². The van der Waals surface area contributed by atoms with Crippen LogP contribution in [0, 0.1) is 0 Å². The lowest BCUT2D eigenvalue weighted by atomic mass is 10.1. The number of nitrogens with one attached hydrogen (secondary N) is 1. The number of aromatic carboxylic acids is 1. The smallest absolute Gasteiger partial charge is 0.335 e. The van der Waals surface area contributed by atoms with Crippen molar-refractivity contribution in [2.75, 3.05) is 4.90 Å². The molecule has 0 unspecified atom stereocenters. The highest BCUT2D eigenvalue weighted by molar-refractivity contribution is 6.39. The zero-order chi connectivity index (χ0) is 18.0. The lowest BCUT2D eigenvalue weighted by Gasteiger charge is -2.26. The number of hydrogen-bond donors (Lipinski definition) is 2. The number of hydrogen-bond acceptors (Lipinski definition) is 4. The van der Waals surface area contributed by atoms with E-state index in [4.69, 9.17) is 5.11 Å². The Morgan fingerprint density at radius 3 is 2.20 bits per heavy atom. The Labute approximate surface area is 142 Å². The number of para-hydroxylation sites is 1. The molecule has 2 aromatic rings. The molecule has 1 saturated heterocycles. The fraction of sp³-hybridized carbons (Fsp3) is 0. The number of amides is 4. The monoisotopic (exact) mass is 336 g/mol. The van der Waals surface area contributed by atoms with Crippen molar-refractivity contribution in [1.82, 2.24) is 5.32 Å². The van der Waals surface area contributed by atoms with Gasteiger partial charge >= 0.3 is 12.0 Å². The van der Waals surface area contributed by atoms with Crippen LogP contribution in [0.15, 0.2) is 60.2 Å². The van der Waals surface area contributed by atoms with E-state index in [1.54, 1.807) is 30.3 Å². The second-order valence-electron chi connectivity index (χ2n) is 5.22. The van der Waals surface area contributed by atoms with E-state index in [1.807, 2.05) is 0 Å². The fourth-order valence-corrected chi connectivity index (χ4v) is 2.36. The van der Waals surface area contributed by atoms with E-state index in [-0.39, 0.29) is 11.1 Å². The Morgan fingerprint density at radius 2 is 1.60 bits per heavy atom. The predicted molar refractivity (Wildman–Crippen MR) is 88.8 cm³/mol. The number of benzene rings is 2. The summed E-state index contributed by atoms with van der Waals surface area (Å²) in [6.45, 7) is 0. The number of rotatable bonds is 3. The Kier molecular flexibility index (Phi) is 4.13. The largest absolute Gasteiger partial charge is 0.478 e. The van der Waals surface area contributed by atoms with Gasteiger partial charge in [0.15, 0.2) is 0 Å². The van der Waals surface area contributed by atoms with Crippen molar-refractivity contribution in [3.05, 3.63) is 71.3 Å². The summed E-state index contributed by atoms with van der Waals surface area (Å²) in [6, 6.07) is 13.1. The van der Waals surface area contributed by atoms with Crippen molar-refractivity contribution >= 4 is 35.6 Å². The highest BCUT2D eigenvalue weighted by atomic mass is 16.4. The van der Waals surface area contributed by atoms with E-state index in [9.17, 15) is 19.2 Å². The van der Waals surface area contributed by atoms with Gasteiger partial charge in [-0.15, -0.1) is 0 Å². The van der Waals surface area contributed by atoms with Crippen LogP contribution in [0.5, 0.6) is 0 Å². The molecule has 0 aromatic heterocycles. The molecule has 0 atom stereocenters. The number of urea groups is 1. The summed E-state index contributed by atoms with van der Waals surface area (Å²) < 4.78 is 0. The Morgan fingerprint density at radius 1 is 0.960 bits per heavy atom. The van der Waals surface area contributed by atoms with Crippen LogP contribution in [0.4, 0.5) is 10.5 Å². The number of imide groups is 2. The molecule has 3 rings (SSSR count). The molecule has 0 aliphatic carbocycles. The van der Waals surface area contributed by atoms with Gasteiger partial charge in [-0.05, 0) is 35.9 Å². The Balaban J connectivity index is 1.97. The zero-order valence-electron chi connectivity index (χ0n) is 12.8. The number of carbonyl (C=O) groups excluding carboxylic acids is 3. The molecule has 2 N–H and O–H groups in total. The van der Waals surface area contributed by atoms with Gasteiger partial charge in [0.1, 0.15) is 5.57 Å². The van der Waals surface area contributed by atoms with E-state index < -0.39 is 23.8 Å². The molecule has 0 spiro atoms. The molecule has 7 heteroatoms. The summed E-state index contributed by atoms with van der Waals surface area (Å²) in [5.74, 6) is -2.63. The molecular formula is C18H12N2O5. The minimum atomic E-state index is -1.08. The van der Waals surface area contributed by atoms with Crippen LogP contribution in [0.1, 0.15) is 15.9 Å². The second kappa shape index (κ2) is 6.40. The van der Waals surface area contributed by atoms with Gasteiger partial charge in [0.25, 0.3) is 11.8 Å². The van der Waals surface area contributed by atoms with E-state index in [0.717, 1.165) is 4.90 Å². The van der Waals surface area contributed by atoms with Crippen LogP contribution in [0.3, 0.4) is 0 Å². The maximum atomic E-state index is 12.6. The van der Waals surface area contributed by atoms with Gasteiger partial charge in [-0.25, -0.2) is 14.5 Å². The van der Waals surface area contributed by atoms with Crippen molar-refractivity contribution in [1.29, 1.82) is 0 Å². The maximum absolute atomic E-state index is 12.6. The second-order valence-corrected chi connectivity index (χ2v) is 5.22. The van der Waals surface area contributed by atoms with Crippen LogP contribution < -0.4 is 10.2 Å². The van der Waals surface area contributed by atoms with Crippen LogP contribution in [0.2, 0.25) is 0 Å². The molecule has 2 aromatic carbocycles. The first-order valence-electron chi connectivity index (χ1n) is 7.27. The molecule has 0 bridgehead atoms. The average Bonchev–Trinajstić information content (AvgIpc) is 2.60. The van der Waals surface area contributed by atoms with Crippen LogP contribution in [0.25, 0.3) is 6.08 Å². The molecule has 1 aliphatic rings. The quantitative estimate of drug-likeness (QED) is 0.659. The molecule has 1 fully saturated rings. The topological polar surface area (TPSA) is 104 Å². The van der Waals surface area contributed by atoms with Gasteiger partial charge in [0, 0.05) is 0 Å². The SMILES string of the molecule is O=C1NC(=O)N(c2ccccc2)C(=O)C1=Cc1ccc(C(=O)O)cc1. The minimum Gasteiger partial charge on any atom is -0.478 e. The van der Waals surface area contributed by atoms with Gasteiger partial charge in [0.2, 0.25) is 0 Å². The van der Waals surface area contributed by atoms with Crippen molar-refractivity contribution in [3.8, 4) is 0 Å². The standard InChI is InChI=1S/C18H12N2O5/c21-15-14(10-11-6-8-12(9-7-11)17(23)24)16(22)20(18(25)19-15)13-4-2-1-3-5-13/h1-10H,(H,23,24)(H,19,21,25). The van der Waals surface area contributed by atoms with Crippen LogP contribution in [-0.2, 0) is 9.59 Å². The van der Waals surface area contributed by atoms with E-state index in [2.05, 4.69) is 5.32 Å². The van der Waals surface area contributed by atoms with Gasteiger partial charge in [-0.2, -0.15) is 0 Å². The Hall–Kier alpha value is -3.74. The van der Waals surface area contributed by atoms with Crippen molar-refractivity contribution in [2.24, 2.45) is 0 Å². The van der Waals surface area contributed by atoms with Gasteiger partial charge < -0.3 is 5.11 Å². The first kappa shape index (κ1) is 16.1. The number of carboxylic acid groups (broad SMARTS) is 1. The van der Waals surface area contributed by atoms with Gasteiger partial charge in [-0.3, -0.25) is 14.9 Å². The summed E-state index contributed by atoms with van der Waals surface area (Å²) in [4.78, 5) is 48.4. The molecule has 1 heterocycles. The summed E-state index contributed by atoms with van der Waals surface area (Å²) in [5.41, 5.74) is 0.671. The van der Waals surface area contributed by atoms with Crippen molar-refractivity contribution in [2.45, 2.75) is 0 Å². The summed E-state index contributed by atoms with van der Waals surface area (Å²) >= 11 is 0. The molecule has 0 radical (unpaired) electrons. The molecular weight excluding hydrogens is 324 g/mol. The lowest BCUT2D eigenvalue weighted by molar-refractivity contribution is -0.122.